The summed E-state index contributed by atoms with van der Waals surface area (Å²) in [6.07, 6.45) is 0. The van der Waals surface area contributed by atoms with Gasteiger partial charge in [-0.05, 0) is 30.3 Å². The van der Waals surface area contributed by atoms with Gasteiger partial charge >= 0.3 is 0 Å². The molecule has 2 aromatic carbocycles. The Hall–Kier alpha value is -2.00. The van der Waals surface area contributed by atoms with Crippen molar-refractivity contribution < 1.29 is 9.47 Å². The molecule has 0 aromatic heterocycles. The van der Waals surface area contributed by atoms with Crippen LogP contribution in [0.3, 0.4) is 0 Å². The number of benzene rings is 2. The van der Waals surface area contributed by atoms with Gasteiger partial charge in [0.15, 0.2) is 0 Å². The quantitative estimate of drug-likeness (QED) is 0.893. The Morgan fingerprint density at radius 3 is 2.26 bits per heavy atom. The summed E-state index contributed by atoms with van der Waals surface area (Å²) in [6, 6.07) is 14.3. The standard InChI is InChI=1S/C16H19NO2/c1-17-11-12-4-6-13(7-5-12)15-9-8-14(18-2)10-16(15)19-3/h4-10,17H,11H2,1-3H3. The monoisotopic (exact) mass is 257 g/mol. The first-order valence-corrected chi connectivity index (χ1v) is 6.24. The maximum Gasteiger partial charge on any atom is 0.130 e. The number of rotatable bonds is 5. The van der Waals surface area contributed by atoms with Crippen LogP contribution >= 0.6 is 0 Å². The topological polar surface area (TPSA) is 30.5 Å². The number of nitrogens with one attached hydrogen (secondary N) is 1. The molecule has 0 aliphatic rings. The predicted octanol–water partition coefficient (Wildman–Crippen LogP) is 3.09. The first kappa shape index (κ1) is 13.4. The largest absolute Gasteiger partial charge is 0.497 e. The molecule has 0 aliphatic heterocycles. The van der Waals surface area contributed by atoms with Crippen molar-refractivity contribution in [1.82, 2.24) is 5.32 Å². The zero-order valence-electron chi connectivity index (χ0n) is 11.6. The molecule has 100 valence electrons. The van der Waals surface area contributed by atoms with Gasteiger partial charge < -0.3 is 14.8 Å². The lowest BCUT2D eigenvalue weighted by atomic mass is 10.0. The molecule has 0 aliphatic carbocycles. The highest BCUT2D eigenvalue weighted by Gasteiger charge is 2.07. The van der Waals surface area contributed by atoms with Crippen molar-refractivity contribution in [3.8, 4) is 22.6 Å². The van der Waals surface area contributed by atoms with Gasteiger partial charge in [-0.1, -0.05) is 24.3 Å². The molecule has 0 radical (unpaired) electrons. The van der Waals surface area contributed by atoms with E-state index in [4.69, 9.17) is 9.47 Å². The van der Waals surface area contributed by atoms with Crippen LogP contribution in [0.2, 0.25) is 0 Å². The third-order valence-corrected chi connectivity index (χ3v) is 3.05. The van der Waals surface area contributed by atoms with Crippen molar-refractivity contribution in [2.75, 3.05) is 21.3 Å². The second kappa shape index (κ2) is 6.25. The van der Waals surface area contributed by atoms with Crippen molar-refractivity contribution in [2.24, 2.45) is 0 Å². The molecule has 19 heavy (non-hydrogen) atoms. The van der Waals surface area contributed by atoms with Crippen LogP contribution < -0.4 is 14.8 Å². The SMILES string of the molecule is CNCc1ccc(-c2ccc(OC)cc2OC)cc1. The predicted molar refractivity (Wildman–Crippen MR) is 77.7 cm³/mol. The minimum absolute atomic E-state index is 0.799. The second-order valence-corrected chi connectivity index (χ2v) is 4.29. The summed E-state index contributed by atoms with van der Waals surface area (Å²) in [6.45, 7) is 0.875. The van der Waals surface area contributed by atoms with E-state index in [1.165, 1.54) is 5.56 Å². The van der Waals surface area contributed by atoms with Crippen molar-refractivity contribution in [1.29, 1.82) is 0 Å². The maximum absolute atomic E-state index is 5.43. The summed E-state index contributed by atoms with van der Waals surface area (Å²) in [5.41, 5.74) is 3.47. The lowest BCUT2D eigenvalue weighted by Crippen LogP contribution is -2.04. The van der Waals surface area contributed by atoms with Crippen LogP contribution in [0.4, 0.5) is 0 Å². The highest BCUT2D eigenvalue weighted by molar-refractivity contribution is 5.71. The molecule has 0 amide bonds. The first-order chi connectivity index (χ1) is 9.28. The second-order valence-electron chi connectivity index (χ2n) is 4.29. The normalized spacial score (nSPS) is 10.3. The van der Waals surface area contributed by atoms with E-state index in [-0.39, 0.29) is 0 Å². The van der Waals surface area contributed by atoms with Gasteiger partial charge in [0, 0.05) is 18.2 Å². The summed E-state index contributed by atoms with van der Waals surface area (Å²) < 4.78 is 10.6. The highest BCUT2D eigenvalue weighted by Crippen LogP contribution is 2.33. The molecule has 2 aromatic rings. The number of ether oxygens (including phenoxy) is 2. The molecular weight excluding hydrogens is 238 g/mol. The molecule has 0 heterocycles. The Labute approximate surface area is 114 Å². The summed E-state index contributed by atoms with van der Waals surface area (Å²) in [5, 5.41) is 3.14. The molecule has 1 N–H and O–H groups in total. The van der Waals surface area contributed by atoms with Crippen molar-refractivity contribution in [3.05, 3.63) is 48.0 Å². The smallest absolute Gasteiger partial charge is 0.130 e. The number of hydrogen-bond acceptors (Lipinski definition) is 3. The average molecular weight is 257 g/mol. The van der Waals surface area contributed by atoms with E-state index < -0.39 is 0 Å². The van der Waals surface area contributed by atoms with E-state index in [0.717, 1.165) is 29.2 Å². The lowest BCUT2D eigenvalue weighted by molar-refractivity contribution is 0.395. The van der Waals surface area contributed by atoms with Gasteiger partial charge in [0.05, 0.1) is 14.2 Å². The zero-order chi connectivity index (χ0) is 13.7. The van der Waals surface area contributed by atoms with Gasteiger partial charge in [-0.3, -0.25) is 0 Å². The van der Waals surface area contributed by atoms with Gasteiger partial charge in [0.2, 0.25) is 0 Å². The fourth-order valence-corrected chi connectivity index (χ4v) is 2.04. The summed E-state index contributed by atoms with van der Waals surface area (Å²) >= 11 is 0. The van der Waals surface area contributed by atoms with Gasteiger partial charge in [0.1, 0.15) is 11.5 Å². The van der Waals surface area contributed by atoms with Crippen LogP contribution in [0, 0.1) is 0 Å². The van der Waals surface area contributed by atoms with E-state index in [1.54, 1.807) is 14.2 Å². The maximum atomic E-state index is 5.43. The van der Waals surface area contributed by atoms with Crippen molar-refractivity contribution in [2.45, 2.75) is 6.54 Å². The molecule has 3 nitrogen and oxygen atoms in total. The minimum Gasteiger partial charge on any atom is -0.497 e. The van der Waals surface area contributed by atoms with Gasteiger partial charge in [-0.25, -0.2) is 0 Å². The molecule has 0 unspecified atom stereocenters. The van der Waals surface area contributed by atoms with E-state index in [1.807, 2.05) is 25.2 Å². The van der Waals surface area contributed by atoms with E-state index in [2.05, 4.69) is 29.6 Å². The lowest BCUT2D eigenvalue weighted by Gasteiger charge is -2.11. The van der Waals surface area contributed by atoms with Crippen LogP contribution in [-0.4, -0.2) is 21.3 Å². The van der Waals surface area contributed by atoms with Gasteiger partial charge in [-0.15, -0.1) is 0 Å². The molecule has 0 spiro atoms. The average Bonchev–Trinajstić information content (AvgIpc) is 2.48. The molecule has 0 bridgehead atoms. The van der Waals surface area contributed by atoms with Crippen LogP contribution in [0.25, 0.3) is 11.1 Å². The van der Waals surface area contributed by atoms with Gasteiger partial charge in [-0.2, -0.15) is 0 Å². The van der Waals surface area contributed by atoms with Crippen LogP contribution in [0.15, 0.2) is 42.5 Å². The third kappa shape index (κ3) is 3.06. The number of hydrogen-bond donors (Lipinski definition) is 1. The van der Waals surface area contributed by atoms with Gasteiger partial charge in [0.25, 0.3) is 0 Å². The van der Waals surface area contributed by atoms with Crippen LogP contribution in [0.1, 0.15) is 5.56 Å². The van der Waals surface area contributed by atoms with Crippen LogP contribution in [0.5, 0.6) is 11.5 Å². The van der Waals surface area contributed by atoms with E-state index in [9.17, 15) is 0 Å². The Kier molecular flexibility index (Phi) is 4.42. The van der Waals surface area contributed by atoms with Crippen molar-refractivity contribution >= 4 is 0 Å². The molecule has 3 heteroatoms. The first-order valence-electron chi connectivity index (χ1n) is 6.24. The summed E-state index contributed by atoms with van der Waals surface area (Å²) in [4.78, 5) is 0. The Bertz CT molecular complexity index is 535. The summed E-state index contributed by atoms with van der Waals surface area (Å²) in [5.74, 6) is 1.62. The van der Waals surface area contributed by atoms with E-state index in [0.29, 0.717) is 0 Å². The summed E-state index contributed by atoms with van der Waals surface area (Å²) in [7, 11) is 5.27. The highest BCUT2D eigenvalue weighted by atomic mass is 16.5. The Morgan fingerprint density at radius 1 is 0.947 bits per heavy atom. The minimum atomic E-state index is 0.799. The fourth-order valence-electron chi connectivity index (χ4n) is 2.04. The Balaban J connectivity index is 2.35. The van der Waals surface area contributed by atoms with Crippen molar-refractivity contribution in [3.63, 3.8) is 0 Å². The molecule has 0 saturated carbocycles. The molecule has 0 saturated heterocycles. The molecule has 2 rings (SSSR count). The van der Waals surface area contributed by atoms with Crippen LogP contribution in [-0.2, 0) is 6.54 Å². The third-order valence-electron chi connectivity index (χ3n) is 3.05. The molecule has 0 atom stereocenters. The zero-order valence-corrected chi connectivity index (χ0v) is 11.6. The van der Waals surface area contributed by atoms with E-state index >= 15 is 0 Å². The number of methoxy groups -OCH3 is 2. The molecule has 0 fully saturated rings. The Morgan fingerprint density at radius 2 is 1.68 bits per heavy atom. The molecular formula is C16H19NO2. The fraction of sp³-hybridized carbons (Fsp3) is 0.250.